The summed E-state index contributed by atoms with van der Waals surface area (Å²) in [6.07, 6.45) is 2.65. The second-order valence-corrected chi connectivity index (χ2v) is 5.00. The largest absolute Gasteiger partial charge is 0.131 e. The van der Waals surface area contributed by atoms with E-state index in [2.05, 4.69) is 36.9 Å². The molecule has 10 heavy (non-hydrogen) atoms. The van der Waals surface area contributed by atoms with Gasteiger partial charge in [-0.1, -0.05) is 40.5 Å². The Bertz CT molecular complexity index is 75.8. The Kier molecular flexibility index (Phi) is 7.49. The van der Waals surface area contributed by atoms with Crippen LogP contribution < -0.4 is 0 Å². The molecule has 0 aromatic heterocycles. The summed E-state index contributed by atoms with van der Waals surface area (Å²) in [6.45, 7) is 9.11. The maximum absolute atomic E-state index is 2.90. The molecule has 2 atom stereocenters. The molecule has 0 heterocycles. The first kappa shape index (κ1) is 13.5. The molecule has 2 heteroatoms. The van der Waals surface area contributed by atoms with E-state index in [9.17, 15) is 0 Å². The van der Waals surface area contributed by atoms with Gasteiger partial charge in [0.2, 0.25) is 0 Å². The molecule has 64 valence electrons. The van der Waals surface area contributed by atoms with Gasteiger partial charge in [-0.25, -0.2) is 0 Å². The summed E-state index contributed by atoms with van der Waals surface area (Å²) in [5.74, 6) is 0.826. The Morgan fingerprint density at radius 3 is 1.90 bits per heavy atom. The molecule has 0 aliphatic rings. The van der Waals surface area contributed by atoms with Crippen molar-refractivity contribution >= 4 is 26.2 Å². The fourth-order valence-electron chi connectivity index (χ4n) is 0.805. The van der Waals surface area contributed by atoms with Crippen molar-refractivity contribution in [1.29, 1.82) is 0 Å². The maximum Gasteiger partial charge on any atom is -0.0181 e. The van der Waals surface area contributed by atoms with E-state index in [0.717, 1.165) is 5.92 Å². The van der Waals surface area contributed by atoms with E-state index in [1.165, 1.54) is 12.8 Å². The van der Waals surface area contributed by atoms with Crippen LogP contribution in [0, 0.1) is 5.92 Å². The van der Waals surface area contributed by atoms with E-state index in [1.807, 2.05) is 0 Å². The predicted molar refractivity (Wildman–Crippen MR) is 58.2 cm³/mol. The number of rotatable bonds is 3. The molecular weight excluding hydrogens is 207 g/mol. The van der Waals surface area contributed by atoms with Crippen LogP contribution in [0.15, 0.2) is 0 Å². The Labute approximate surface area is 78.1 Å². The fourth-order valence-corrected chi connectivity index (χ4v) is 0.972. The van der Waals surface area contributed by atoms with Crippen molar-refractivity contribution in [1.82, 2.24) is 0 Å². The first-order valence-electron chi connectivity index (χ1n) is 3.77. The highest BCUT2D eigenvalue weighted by molar-refractivity contribution is 8.93. The Morgan fingerprint density at radius 2 is 1.80 bits per heavy atom. The number of halogens is 1. The van der Waals surface area contributed by atoms with Gasteiger partial charge in [0.05, 0.1) is 0 Å². The smallest absolute Gasteiger partial charge is 0.0181 e. The summed E-state index contributed by atoms with van der Waals surface area (Å²) in [4.78, 5) is 0. The van der Waals surface area contributed by atoms with Gasteiger partial charge in [-0.2, -0.15) is 0 Å². The van der Waals surface area contributed by atoms with Crippen LogP contribution in [0.5, 0.6) is 0 Å². The lowest BCUT2D eigenvalue weighted by molar-refractivity contribution is 0.425. The van der Waals surface area contributed by atoms with Gasteiger partial charge in [0, 0.05) is 0 Å². The average Bonchev–Trinajstić information content (AvgIpc) is 1.64. The van der Waals surface area contributed by atoms with Crippen LogP contribution in [0.25, 0.3) is 0 Å². The van der Waals surface area contributed by atoms with Crippen molar-refractivity contribution in [2.75, 3.05) is 0 Å². The van der Waals surface area contributed by atoms with Crippen molar-refractivity contribution in [3.8, 4) is 0 Å². The van der Waals surface area contributed by atoms with Crippen LogP contribution in [0.4, 0.5) is 0 Å². The highest BCUT2D eigenvalue weighted by Crippen LogP contribution is 2.29. The molecule has 0 aliphatic heterocycles. The van der Waals surface area contributed by atoms with Crippen molar-refractivity contribution in [2.45, 2.75) is 45.7 Å². The zero-order valence-electron chi connectivity index (χ0n) is 7.48. The predicted octanol–water partition coefficient (Wildman–Crippen LogP) is 3.65. The van der Waals surface area contributed by atoms with Crippen LogP contribution >= 0.6 is 26.2 Å². The minimum absolute atomic E-state index is 0. The number of hydrogen-bond acceptors (Lipinski definition) is 0. The first-order valence-corrected chi connectivity index (χ1v) is 4.35. The molecule has 0 radical (unpaired) electrons. The summed E-state index contributed by atoms with van der Waals surface area (Å²) in [5.41, 5.74) is 0. The van der Waals surface area contributed by atoms with Crippen molar-refractivity contribution in [3.63, 3.8) is 0 Å². The van der Waals surface area contributed by atoms with Crippen molar-refractivity contribution in [3.05, 3.63) is 0 Å². The Hall–Kier alpha value is 0.910. The SMILES string of the molecule is Br.CCCC(C)C(C)(C)P. The third kappa shape index (κ3) is 5.68. The third-order valence-electron chi connectivity index (χ3n) is 1.99. The summed E-state index contributed by atoms with van der Waals surface area (Å²) < 4.78 is 0. The molecule has 0 aliphatic carbocycles. The van der Waals surface area contributed by atoms with Gasteiger partial charge < -0.3 is 0 Å². The maximum atomic E-state index is 2.90. The molecule has 0 aromatic carbocycles. The molecule has 0 bridgehead atoms. The zero-order chi connectivity index (χ0) is 7.49. The molecule has 0 saturated carbocycles. The summed E-state index contributed by atoms with van der Waals surface area (Å²) in [7, 11) is 2.90. The van der Waals surface area contributed by atoms with Gasteiger partial charge in [-0.15, -0.1) is 26.2 Å². The van der Waals surface area contributed by atoms with E-state index in [1.54, 1.807) is 0 Å². The van der Waals surface area contributed by atoms with Crippen LogP contribution in [0.1, 0.15) is 40.5 Å². The Morgan fingerprint density at radius 1 is 1.40 bits per heavy atom. The summed E-state index contributed by atoms with van der Waals surface area (Å²) >= 11 is 0. The van der Waals surface area contributed by atoms with Gasteiger partial charge >= 0.3 is 0 Å². The second-order valence-electron chi connectivity index (χ2n) is 3.51. The summed E-state index contributed by atoms with van der Waals surface area (Å²) in [6, 6.07) is 0. The first-order chi connectivity index (χ1) is 3.98. The molecule has 2 unspecified atom stereocenters. The average molecular weight is 227 g/mol. The fraction of sp³-hybridized carbons (Fsp3) is 1.00. The van der Waals surface area contributed by atoms with Crippen LogP contribution in [-0.2, 0) is 0 Å². The van der Waals surface area contributed by atoms with E-state index in [4.69, 9.17) is 0 Å². The molecule has 0 saturated heterocycles. The minimum atomic E-state index is 0. The molecule has 0 aromatic rings. The zero-order valence-corrected chi connectivity index (χ0v) is 10.3. The molecule has 0 spiro atoms. The van der Waals surface area contributed by atoms with Crippen LogP contribution in [0.2, 0.25) is 0 Å². The number of hydrogen-bond donors (Lipinski definition) is 0. The molecule has 0 N–H and O–H groups in total. The topological polar surface area (TPSA) is 0 Å². The van der Waals surface area contributed by atoms with Gasteiger partial charge in [0.1, 0.15) is 0 Å². The highest BCUT2D eigenvalue weighted by Gasteiger charge is 2.18. The Balaban J connectivity index is 0. The lowest BCUT2D eigenvalue weighted by Crippen LogP contribution is -2.20. The highest BCUT2D eigenvalue weighted by atomic mass is 79.9. The minimum Gasteiger partial charge on any atom is -0.131 e. The van der Waals surface area contributed by atoms with E-state index in [0.29, 0.717) is 5.16 Å². The van der Waals surface area contributed by atoms with E-state index in [-0.39, 0.29) is 17.0 Å². The second kappa shape index (κ2) is 5.55. The van der Waals surface area contributed by atoms with Gasteiger partial charge in [-0.05, 0) is 11.1 Å². The third-order valence-corrected chi connectivity index (χ3v) is 2.56. The van der Waals surface area contributed by atoms with Crippen LogP contribution in [-0.4, -0.2) is 5.16 Å². The molecule has 0 amide bonds. The van der Waals surface area contributed by atoms with Gasteiger partial charge in [0.25, 0.3) is 0 Å². The molecule has 0 rings (SSSR count). The van der Waals surface area contributed by atoms with E-state index < -0.39 is 0 Å². The normalized spacial score (nSPS) is 14.1. The quantitative estimate of drug-likeness (QED) is 0.645. The lowest BCUT2D eigenvalue weighted by atomic mass is 9.93. The van der Waals surface area contributed by atoms with Crippen molar-refractivity contribution in [2.24, 2.45) is 5.92 Å². The van der Waals surface area contributed by atoms with E-state index >= 15 is 0 Å². The monoisotopic (exact) mass is 226 g/mol. The standard InChI is InChI=1S/C8H19P.BrH/c1-5-6-7(2)8(3,4)9;/h7H,5-6,9H2,1-4H3;1H. The molecule has 0 fully saturated rings. The van der Waals surface area contributed by atoms with Crippen molar-refractivity contribution < 1.29 is 0 Å². The lowest BCUT2D eigenvalue weighted by Gasteiger charge is -2.26. The molecular formula is C8H20BrP. The summed E-state index contributed by atoms with van der Waals surface area (Å²) in [5, 5.41) is 0.427. The van der Waals surface area contributed by atoms with Gasteiger partial charge in [-0.3, -0.25) is 0 Å². The van der Waals surface area contributed by atoms with Gasteiger partial charge in [0.15, 0.2) is 0 Å². The molecule has 0 nitrogen and oxygen atoms in total. The van der Waals surface area contributed by atoms with Crippen LogP contribution in [0.3, 0.4) is 0 Å².